The molecule has 3 nitrogen and oxygen atoms in total. The molecule has 0 fully saturated rings. The van der Waals surface area contributed by atoms with Crippen molar-refractivity contribution in [1.82, 2.24) is 14.9 Å². The molecule has 0 radical (unpaired) electrons. The Hall–Kier alpha value is -0.830. The number of unbranched alkanes of at least 4 members (excludes halogenated alkanes) is 1. The Labute approximate surface area is 99.3 Å². The van der Waals surface area contributed by atoms with Crippen molar-refractivity contribution in [3.05, 3.63) is 18.2 Å². The Balaban J connectivity index is 2.75. The zero-order valence-corrected chi connectivity index (χ0v) is 11.0. The molecule has 0 aliphatic heterocycles. The van der Waals surface area contributed by atoms with Crippen LogP contribution < -0.4 is 5.32 Å². The van der Waals surface area contributed by atoms with Crippen molar-refractivity contribution in [3.63, 3.8) is 0 Å². The summed E-state index contributed by atoms with van der Waals surface area (Å²) in [6.45, 7) is 4.52. The lowest BCUT2D eigenvalue weighted by molar-refractivity contribution is 0.322. The summed E-state index contributed by atoms with van der Waals surface area (Å²) >= 11 is 0. The third-order valence-corrected chi connectivity index (χ3v) is 3.37. The normalized spacial score (nSPS) is 15.0. The lowest BCUT2D eigenvalue weighted by atomic mass is 9.91. The summed E-state index contributed by atoms with van der Waals surface area (Å²) in [4.78, 5) is 4.46. The van der Waals surface area contributed by atoms with Crippen molar-refractivity contribution in [3.8, 4) is 0 Å². The monoisotopic (exact) mass is 223 g/mol. The van der Waals surface area contributed by atoms with Crippen molar-refractivity contribution < 1.29 is 0 Å². The van der Waals surface area contributed by atoms with Gasteiger partial charge in [-0.1, -0.05) is 33.1 Å². The molecule has 1 aromatic rings. The van der Waals surface area contributed by atoms with Gasteiger partial charge in [-0.2, -0.15) is 0 Å². The molecule has 0 bridgehead atoms. The predicted molar refractivity (Wildman–Crippen MR) is 68.3 cm³/mol. The first-order chi connectivity index (χ1) is 7.74. The molecule has 1 heterocycles. The summed E-state index contributed by atoms with van der Waals surface area (Å²) in [5.41, 5.74) is 0. The van der Waals surface area contributed by atoms with Crippen LogP contribution in [0, 0.1) is 5.92 Å². The quantitative estimate of drug-likeness (QED) is 0.770. The molecule has 1 N–H and O–H groups in total. The van der Waals surface area contributed by atoms with Gasteiger partial charge in [0, 0.05) is 19.4 Å². The summed E-state index contributed by atoms with van der Waals surface area (Å²) in [6, 6.07) is 0.386. The first kappa shape index (κ1) is 13.2. The van der Waals surface area contributed by atoms with E-state index in [2.05, 4.69) is 35.8 Å². The van der Waals surface area contributed by atoms with Gasteiger partial charge in [-0.15, -0.1) is 0 Å². The van der Waals surface area contributed by atoms with E-state index in [-0.39, 0.29) is 0 Å². The van der Waals surface area contributed by atoms with Crippen LogP contribution in [0.2, 0.25) is 0 Å². The van der Waals surface area contributed by atoms with Crippen LogP contribution in [0.1, 0.15) is 51.4 Å². The van der Waals surface area contributed by atoms with Crippen molar-refractivity contribution in [1.29, 1.82) is 0 Å². The highest BCUT2D eigenvalue weighted by molar-refractivity contribution is 5.00. The lowest BCUT2D eigenvalue weighted by Crippen LogP contribution is -2.27. The van der Waals surface area contributed by atoms with Crippen LogP contribution in [0.25, 0.3) is 0 Å². The fourth-order valence-corrected chi connectivity index (χ4v) is 2.33. The van der Waals surface area contributed by atoms with Gasteiger partial charge in [0.1, 0.15) is 5.82 Å². The summed E-state index contributed by atoms with van der Waals surface area (Å²) in [5, 5.41) is 3.42. The van der Waals surface area contributed by atoms with Gasteiger partial charge in [0.05, 0.1) is 6.04 Å². The van der Waals surface area contributed by atoms with Gasteiger partial charge in [0.2, 0.25) is 0 Å². The molecular weight excluding hydrogens is 198 g/mol. The molecule has 2 unspecified atom stereocenters. The zero-order chi connectivity index (χ0) is 12.0. The topological polar surface area (TPSA) is 29.9 Å². The van der Waals surface area contributed by atoms with Crippen molar-refractivity contribution >= 4 is 0 Å². The Morgan fingerprint density at radius 2 is 2.19 bits per heavy atom. The maximum atomic E-state index is 4.46. The van der Waals surface area contributed by atoms with E-state index in [1.807, 2.05) is 19.4 Å². The fraction of sp³-hybridized carbons (Fsp3) is 0.769. The fourth-order valence-electron chi connectivity index (χ4n) is 2.33. The summed E-state index contributed by atoms with van der Waals surface area (Å²) in [7, 11) is 4.10. The molecule has 0 aliphatic carbocycles. The third-order valence-electron chi connectivity index (χ3n) is 3.37. The second kappa shape index (κ2) is 6.69. The minimum atomic E-state index is 0.386. The van der Waals surface area contributed by atoms with Crippen molar-refractivity contribution in [2.24, 2.45) is 13.0 Å². The first-order valence-electron chi connectivity index (χ1n) is 6.39. The second-order valence-corrected chi connectivity index (χ2v) is 4.47. The molecule has 0 spiro atoms. The molecule has 1 rings (SSSR count). The van der Waals surface area contributed by atoms with E-state index in [9.17, 15) is 0 Å². The molecule has 0 aliphatic rings. The molecule has 16 heavy (non-hydrogen) atoms. The van der Waals surface area contributed by atoms with E-state index >= 15 is 0 Å². The van der Waals surface area contributed by atoms with Crippen molar-refractivity contribution in [2.45, 2.75) is 45.6 Å². The number of hydrogen-bond acceptors (Lipinski definition) is 2. The number of hydrogen-bond donors (Lipinski definition) is 1. The molecule has 0 aromatic carbocycles. The minimum absolute atomic E-state index is 0.386. The molecule has 1 aromatic heterocycles. The Kier molecular flexibility index (Phi) is 5.53. The lowest BCUT2D eigenvalue weighted by Gasteiger charge is -2.25. The van der Waals surface area contributed by atoms with Gasteiger partial charge in [-0.3, -0.25) is 0 Å². The molecule has 3 heteroatoms. The van der Waals surface area contributed by atoms with Crippen LogP contribution in [0.15, 0.2) is 12.4 Å². The highest BCUT2D eigenvalue weighted by Gasteiger charge is 2.22. The molecule has 0 saturated carbocycles. The number of aryl methyl sites for hydroxylation is 1. The number of aromatic nitrogens is 2. The molecule has 92 valence electrons. The SMILES string of the molecule is CCCCC(CC)C(NC)c1nccn1C. The van der Waals surface area contributed by atoms with Gasteiger partial charge in [0.15, 0.2) is 0 Å². The summed E-state index contributed by atoms with van der Waals surface area (Å²) in [6.07, 6.45) is 8.97. The average molecular weight is 223 g/mol. The van der Waals surface area contributed by atoms with Crippen LogP contribution in [0.3, 0.4) is 0 Å². The van der Waals surface area contributed by atoms with E-state index < -0.39 is 0 Å². The number of nitrogens with zero attached hydrogens (tertiary/aromatic N) is 2. The van der Waals surface area contributed by atoms with E-state index in [1.165, 1.54) is 25.7 Å². The highest BCUT2D eigenvalue weighted by Crippen LogP contribution is 2.27. The Morgan fingerprint density at radius 3 is 2.62 bits per heavy atom. The molecule has 0 saturated heterocycles. The zero-order valence-electron chi connectivity index (χ0n) is 11.0. The smallest absolute Gasteiger partial charge is 0.125 e. The minimum Gasteiger partial charge on any atom is -0.337 e. The number of rotatable bonds is 7. The van der Waals surface area contributed by atoms with E-state index in [0.29, 0.717) is 12.0 Å². The summed E-state index contributed by atoms with van der Waals surface area (Å²) in [5.74, 6) is 1.84. The van der Waals surface area contributed by atoms with Crippen LogP contribution in [0.4, 0.5) is 0 Å². The average Bonchev–Trinajstić information content (AvgIpc) is 2.71. The largest absolute Gasteiger partial charge is 0.337 e. The Bertz CT molecular complexity index is 293. The maximum absolute atomic E-state index is 4.46. The van der Waals surface area contributed by atoms with Crippen LogP contribution in [-0.2, 0) is 7.05 Å². The van der Waals surface area contributed by atoms with Gasteiger partial charge < -0.3 is 9.88 Å². The van der Waals surface area contributed by atoms with E-state index in [0.717, 1.165) is 5.82 Å². The molecular formula is C13H25N3. The van der Waals surface area contributed by atoms with E-state index in [1.54, 1.807) is 0 Å². The summed E-state index contributed by atoms with van der Waals surface area (Å²) < 4.78 is 2.12. The van der Waals surface area contributed by atoms with Gasteiger partial charge in [0.25, 0.3) is 0 Å². The van der Waals surface area contributed by atoms with E-state index in [4.69, 9.17) is 0 Å². The molecule has 2 atom stereocenters. The maximum Gasteiger partial charge on any atom is 0.125 e. The van der Waals surface area contributed by atoms with Crippen LogP contribution >= 0.6 is 0 Å². The van der Waals surface area contributed by atoms with Gasteiger partial charge >= 0.3 is 0 Å². The Morgan fingerprint density at radius 1 is 1.44 bits per heavy atom. The standard InChI is InChI=1S/C13H25N3/c1-5-7-8-11(6-2)12(14-3)13-15-9-10-16(13)4/h9-12,14H,5-8H2,1-4H3. The number of nitrogens with one attached hydrogen (secondary N) is 1. The molecule has 0 amide bonds. The highest BCUT2D eigenvalue weighted by atomic mass is 15.1. The number of imidazole rings is 1. The van der Waals surface area contributed by atoms with Gasteiger partial charge in [-0.05, 0) is 19.4 Å². The van der Waals surface area contributed by atoms with Crippen LogP contribution in [0.5, 0.6) is 0 Å². The third kappa shape index (κ3) is 3.08. The van der Waals surface area contributed by atoms with Crippen molar-refractivity contribution in [2.75, 3.05) is 7.05 Å². The predicted octanol–water partition coefficient (Wildman–Crippen LogP) is 2.90. The van der Waals surface area contributed by atoms with Crippen LogP contribution in [-0.4, -0.2) is 16.6 Å². The van der Waals surface area contributed by atoms with Gasteiger partial charge in [-0.25, -0.2) is 4.98 Å². The second-order valence-electron chi connectivity index (χ2n) is 4.47. The first-order valence-corrected chi connectivity index (χ1v) is 6.39.